The Hall–Kier alpha value is -2.65. The van der Waals surface area contributed by atoms with Gasteiger partial charge in [-0.1, -0.05) is 11.1 Å². The Morgan fingerprint density at radius 2 is 2.19 bits per heavy atom. The lowest BCUT2D eigenvalue weighted by Gasteiger charge is -2.05. The number of hydrogen-bond acceptors (Lipinski definition) is 5. The third kappa shape index (κ3) is 2.51. The van der Waals surface area contributed by atoms with E-state index in [1.165, 1.54) is 11.5 Å². The van der Waals surface area contributed by atoms with Gasteiger partial charge in [0.2, 0.25) is 0 Å². The molecule has 0 fully saturated rings. The van der Waals surface area contributed by atoms with Crippen LogP contribution in [0.5, 0.6) is 5.75 Å². The van der Waals surface area contributed by atoms with Gasteiger partial charge in [-0.15, -0.1) is 5.10 Å². The Bertz CT molecular complexity index is 1400. The number of rotatable bonds is 2. The van der Waals surface area contributed by atoms with Gasteiger partial charge in [-0.3, -0.25) is 15.0 Å². The van der Waals surface area contributed by atoms with Crippen molar-refractivity contribution in [1.82, 2.24) is 24.4 Å². The molecule has 0 aliphatic rings. The monoisotopic (exact) mass is 431 g/mol. The Labute approximate surface area is 159 Å². The lowest BCUT2D eigenvalue weighted by atomic mass is 10.1. The number of aryl methyl sites for hydroxylation is 1. The van der Waals surface area contributed by atoms with Crippen LogP contribution in [0, 0.1) is 9.88 Å². The van der Waals surface area contributed by atoms with E-state index >= 15 is 0 Å². The molecular formula is C17H14BrN5O2S. The number of ether oxygens (including phenoxy) is 1. The fourth-order valence-electron chi connectivity index (χ4n) is 2.96. The highest BCUT2D eigenvalue weighted by molar-refractivity contribution is 9.10. The van der Waals surface area contributed by atoms with E-state index in [2.05, 4.69) is 42.3 Å². The predicted octanol–water partition coefficient (Wildman–Crippen LogP) is 1.34. The number of halogens is 1. The molecule has 132 valence electrons. The topological polar surface area (TPSA) is 88.6 Å². The fourth-order valence-corrected chi connectivity index (χ4v) is 4.31. The molecule has 0 atom stereocenters. The first-order chi connectivity index (χ1) is 12.5. The van der Waals surface area contributed by atoms with E-state index < -0.39 is 0 Å². The highest BCUT2D eigenvalue weighted by atomic mass is 79.9. The average molecular weight is 432 g/mol. The minimum Gasteiger partial charge on any atom is -0.496 e. The van der Waals surface area contributed by atoms with E-state index in [0.717, 1.165) is 31.2 Å². The van der Waals surface area contributed by atoms with E-state index in [1.807, 2.05) is 36.0 Å². The highest BCUT2D eigenvalue weighted by Crippen LogP contribution is 2.36. The largest absolute Gasteiger partial charge is 0.496 e. The van der Waals surface area contributed by atoms with E-state index in [0.29, 0.717) is 15.9 Å². The minimum absolute atomic E-state index is 0.219. The normalized spacial score (nSPS) is 13.6. The van der Waals surface area contributed by atoms with Gasteiger partial charge in [0.15, 0.2) is 0 Å². The minimum atomic E-state index is -0.219. The van der Waals surface area contributed by atoms with Crippen molar-refractivity contribution in [2.24, 2.45) is 7.05 Å². The molecule has 0 aliphatic carbocycles. The first kappa shape index (κ1) is 16.8. The maximum atomic E-state index is 12.4. The number of fused-ring (bicyclic) bond motifs is 1. The molecule has 0 radical (unpaired) electrons. The summed E-state index contributed by atoms with van der Waals surface area (Å²) in [5.74, 6) is 0.730. The summed E-state index contributed by atoms with van der Waals surface area (Å²) >= 11 is 4.81. The zero-order valence-corrected chi connectivity index (χ0v) is 16.4. The van der Waals surface area contributed by atoms with Crippen molar-refractivity contribution in [3.05, 3.63) is 59.2 Å². The van der Waals surface area contributed by atoms with Crippen LogP contribution in [0.1, 0.15) is 5.56 Å². The van der Waals surface area contributed by atoms with E-state index in [9.17, 15) is 4.79 Å². The third-order valence-electron chi connectivity index (χ3n) is 4.20. The zero-order valence-electron chi connectivity index (χ0n) is 14.0. The summed E-state index contributed by atoms with van der Waals surface area (Å²) in [4.78, 5) is 12.4. The number of methoxy groups -OCH3 is 1. The number of nitrogens with one attached hydrogen (secondary N) is 2. The predicted molar refractivity (Wildman–Crippen MR) is 105 cm³/mol. The van der Waals surface area contributed by atoms with Crippen LogP contribution in [0.4, 0.5) is 0 Å². The number of hydrogen-bond donors (Lipinski definition) is 2. The molecule has 26 heavy (non-hydrogen) atoms. The number of aromatic nitrogens is 5. The zero-order chi connectivity index (χ0) is 18.4. The van der Waals surface area contributed by atoms with Crippen LogP contribution in [-0.2, 0) is 7.05 Å². The van der Waals surface area contributed by atoms with Gasteiger partial charge >= 0.3 is 0 Å². The molecule has 4 aromatic rings. The molecule has 9 heteroatoms. The van der Waals surface area contributed by atoms with E-state index in [1.54, 1.807) is 7.11 Å². The number of benzene rings is 1. The summed E-state index contributed by atoms with van der Waals surface area (Å²) in [5.41, 5.74) is 1.70. The molecule has 0 unspecified atom stereocenters. The van der Waals surface area contributed by atoms with E-state index in [4.69, 9.17) is 4.74 Å². The second kappa shape index (κ2) is 6.26. The molecule has 0 amide bonds. The SMILES string of the molecule is C=c1nns/c1=c1\[nH][nH]c(=O)\c1=C/c1cn(C)c2ccc(OC)c(Br)c12. The Balaban J connectivity index is 2.16. The van der Waals surface area contributed by atoms with Gasteiger partial charge in [0.05, 0.1) is 22.2 Å². The molecule has 3 aromatic heterocycles. The van der Waals surface area contributed by atoms with Crippen LogP contribution in [0.25, 0.3) is 23.6 Å². The Kier molecular flexibility index (Phi) is 4.04. The summed E-state index contributed by atoms with van der Waals surface area (Å²) < 4.78 is 12.9. The van der Waals surface area contributed by atoms with Crippen molar-refractivity contribution in [3.8, 4) is 5.75 Å². The maximum Gasteiger partial charge on any atom is 0.271 e. The summed E-state index contributed by atoms with van der Waals surface area (Å²) in [6, 6.07) is 3.89. The van der Waals surface area contributed by atoms with Crippen LogP contribution in [0.15, 0.2) is 27.6 Å². The molecule has 0 spiro atoms. The van der Waals surface area contributed by atoms with Gasteiger partial charge in [-0.2, -0.15) is 0 Å². The molecule has 0 aliphatic heterocycles. The molecule has 3 heterocycles. The summed E-state index contributed by atoms with van der Waals surface area (Å²) in [7, 11) is 3.59. The number of nitrogens with zero attached hydrogens (tertiary/aromatic N) is 3. The summed E-state index contributed by atoms with van der Waals surface area (Å²) in [5, 5.41) is 12.1. The van der Waals surface area contributed by atoms with Crippen molar-refractivity contribution in [2.75, 3.05) is 7.11 Å². The first-order valence-electron chi connectivity index (χ1n) is 7.63. The molecule has 0 saturated heterocycles. The molecule has 7 nitrogen and oxygen atoms in total. The lowest BCUT2D eigenvalue weighted by Crippen LogP contribution is -2.22. The van der Waals surface area contributed by atoms with Gasteiger partial charge < -0.3 is 9.30 Å². The van der Waals surface area contributed by atoms with Crippen molar-refractivity contribution >= 4 is 51.0 Å². The quantitative estimate of drug-likeness (QED) is 0.501. The summed E-state index contributed by atoms with van der Waals surface area (Å²) in [6.07, 6.45) is 3.82. The van der Waals surface area contributed by atoms with Crippen molar-refractivity contribution in [3.63, 3.8) is 0 Å². The van der Waals surface area contributed by atoms with Gasteiger partial charge in [-0.25, -0.2) is 0 Å². The molecule has 1 aromatic carbocycles. The molecule has 0 bridgehead atoms. The van der Waals surface area contributed by atoms with Crippen molar-refractivity contribution in [2.45, 2.75) is 0 Å². The summed E-state index contributed by atoms with van der Waals surface area (Å²) in [6.45, 7) is 3.86. The number of H-pyrrole nitrogens is 2. The number of aromatic amines is 2. The van der Waals surface area contributed by atoms with Crippen LogP contribution in [-0.4, -0.2) is 31.5 Å². The Morgan fingerprint density at radius 3 is 2.88 bits per heavy atom. The second-order valence-corrected chi connectivity index (χ2v) is 7.28. The fraction of sp³-hybridized carbons (Fsp3) is 0.118. The van der Waals surface area contributed by atoms with Gasteiger partial charge in [0, 0.05) is 29.7 Å². The van der Waals surface area contributed by atoms with Gasteiger partial charge in [0.25, 0.3) is 5.56 Å². The van der Waals surface area contributed by atoms with Gasteiger partial charge in [-0.05, 0) is 45.7 Å². The molecule has 4 rings (SSSR count). The van der Waals surface area contributed by atoms with Crippen molar-refractivity contribution < 1.29 is 4.74 Å². The third-order valence-corrected chi connectivity index (χ3v) is 5.78. The smallest absolute Gasteiger partial charge is 0.271 e. The lowest BCUT2D eigenvalue weighted by molar-refractivity contribution is 0.413. The van der Waals surface area contributed by atoms with E-state index in [-0.39, 0.29) is 5.56 Å². The second-order valence-electron chi connectivity index (χ2n) is 5.73. The van der Waals surface area contributed by atoms with Crippen LogP contribution >= 0.6 is 27.5 Å². The molecular weight excluding hydrogens is 418 g/mol. The highest BCUT2D eigenvalue weighted by Gasteiger charge is 2.13. The van der Waals surface area contributed by atoms with Gasteiger partial charge in [0.1, 0.15) is 15.6 Å². The van der Waals surface area contributed by atoms with Crippen LogP contribution in [0.3, 0.4) is 0 Å². The average Bonchev–Trinajstić information content (AvgIpc) is 3.28. The first-order valence-corrected chi connectivity index (χ1v) is 9.19. The molecule has 0 saturated carbocycles. The van der Waals surface area contributed by atoms with Crippen LogP contribution < -0.4 is 20.9 Å². The van der Waals surface area contributed by atoms with Crippen LogP contribution in [0.2, 0.25) is 0 Å². The standard InChI is InChI=1S/C17H14BrN5O2S/c1-8-16(26-22-19-8)15-10(17(24)21-20-15)6-9-7-23(2)11-4-5-12(25-3)14(18)13(9)11/h4-7,20H,1H2,2-3H3,(H,21,24)/b10-6-,16-15-. The maximum absolute atomic E-state index is 12.4. The Morgan fingerprint density at radius 1 is 1.38 bits per heavy atom. The molecule has 2 N–H and O–H groups in total. The van der Waals surface area contributed by atoms with Crippen molar-refractivity contribution in [1.29, 1.82) is 0 Å².